The first kappa shape index (κ1) is 14.3. The Kier molecular flexibility index (Phi) is 4.13. The monoisotopic (exact) mass is 267 g/mol. The van der Waals surface area contributed by atoms with E-state index in [0.717, 1.165) is 38.6 Å². The maximum atomic E-state index is 12.7. The van der Waals surface area contributed by atoms with Gasteiger partial charge < -0.3 is 15.5 Å². The van der Waals surface area contributed by atoms with Crippen LogP contribution in [0.15, 0.2) is 0 Å². The second-order valence-electron chi connectivity index (χ2n) is 6.25. The first-order valence-electron chi connectivity index (χ1n) is 7.24. The van der Waals surface area contributed by atoms with Gasteiger partial charge in [0.2, 0.25) is 11.8 Å². The molecule has 0 aromatic carbocycles. The van der Waals surface area contributed by atoms with Gasteiger partial charge in [0.25, 0.3) is 0 Å². The maximum absolute atomic E-state index is 12.7. The van der Waals surface area contributed by atoms with Gasteiger partial charge in [-0.25, -0.2) is 0 Å². The molecule has 2 fully saturated rings. The van der Waals surface area contributed by atoms with Gasteiger partial charge in [0.15, 0.2) is 0 Å². The zero-order chi connectivity index (χ0) is 14.0. The van der Waals surface area contributed by atoms with Crippen molar-refractivity contribution in [2.45, 2.75) is 44.6 Å². The van der Waals surface area contributed by atoms with Crippen LogP contribution in [0.5, 0.6) is 0 Å². The van der Waals surface area contributed by atoms with E-state index in [-0.39, 0.29) is 18.4 Å². The summed E-state index contributed by atoms with van der Waals surface area (Å²) in [6.07, 6.45) is 4.47. The number of hydrogen-bond donors (Lipinski definition) is 1. The highest BCUT2D eigenvalue weighted by molar-refractivity contribution is 5.90. The summed E-state index contributed by atoms with van der Waals surface area (Å²) in [7, 11) is 1.79. The zero-order valence-corrected chi connectivity index (χ0v) is 12.0. The highest BCUT2D eigenvalue weighted by Crippen LogP contribution is 2.32. The van der Waals surface area contributed by atoms with Crippen molar-refractivity contribution in [3.05, 3.63) is 0 Å². The molecule has 5 nitrogen and oxygen atoms in total. The molecule has 1 aliphatic heterocycles. The second-order valence-corrected chi connectivity index (χ2v) is 6.25. The van der Waals surface area contributed by atoms with Gasteiger partial charge in [0.1, 0.15) is 0 Å². The lowest BCUT2D eigenvalue weighted by Gasteiger charge is -2.38. The molecule has 2 aliphatic rings. The lowest BCUT2D eigenvalue weighted by atomic mass is 9.76. The van der Waals surface area contributed by atoms with Crippen LogP contribution < -0.4 is 5.73 Å². The fourth-order valence-corrected chi connectivity index (χ4v) is 3.26. The molecule has 0 aromatic rings. The molecule has 0 spiro atoms. The molecule has 1 heterocycles. The number of hydrogen-bond acceptors (Lipinski definition) is 3. The van der Waals surface area contributed by atoms with Gasteiger partial charge in [-0.1, -0.05) is 19.8 Å². The molecule has 108 valence electrons. The Morgan fingerprint density at radius 3 is 2.79 bits per heavy atom. The minimum absolute atomic E-state index is 0.0123. The molecule has 2 amide bonds. The zero-order valence-electron chi connectivity index (χ0n) is 12.0. The smallest absolute Gasteiger partial charge is 0.243 e. The third-order valence-corrected chi connectivity index (χ3v) is 4.42. The summed E-state index contributed by atoms with van der Waals surface area (Å²) in [6.45, 7) is 3.69. The van der Waals surface area contributed by atoms with E-state index < -0.39 is 5.54 Å². The van der Waals surface area contributed by atoms with Crippen LogP contribution in [-0.2, 0) is 9.59 Å². The van der Waals surface area contributed by atoms with E-state index in [1.165, 1.54) is 0 Å². The lowest BCUT2D eigenvalue weighted by Crippen LogP contribution is -2.58. The minimum Gasteiger partial charge on any atom is -0.344 e. The predicted molar refractivity (Wildman–Crippen MR) is 73.4 cm³/mol. The van der Waals surface area contributed by atoms with Gasteiger partial charge in [-0.3, -0.25) is 9.59 Å². The van der Waals surface area contributed by atoms with E-state index >= 15 is 0 Å². The molecule has 1 saturated carbocycles. The Balaban J connectivity index is 2.07. The molecule has 2 N–H and O–H groups in total. The first-order valence-corrected chi connectivity index (χ1v) is 7.24. The van der Waals surface area contributed by atoms with Crippen LogP contribution in [0, 0.1) is 5.92 Å². The molecule has 0 aromatic heterocycles. The largest absolute Gasteiger partial charge is 0.344 e. The van der Waals surface area contributed by atoms with E-state index in [4.69, 9.17) is 5.73 Å². The Morgan fingerprint density at radius 2 is 2.11 bits per heavy atom. The van der Waals surface area contributed by atoms with E-state index in [1.807, 2.05) is 0 Å². The minimum atomic E-state index is -0.749. The molecule has 1 aliphatic carbocycles. The summed E-state index contributed by atoms with van der Waals surface area (Å²) in [5, 5.41) is 0. The van der Waals surface area contributed by atoms with Crippen molar-refractivity contribution in [2.75, 3.05) is 26.7 Å². The topological polar surface area (TPSA) is 66.6 Å². The molecule has 0 radical (unpaired) electrons. The van der Waals surface area contributed by atoms with Crippen molar-refractivity contribution in [2.24, 2.45) is 11.7 Å². The summed E-state index contributed by atoms with van der Waals surface area (Å²) in [4.78, 5) is 27.9. The lowest BCUT2D eigenvalue weighted by molar-refractivity contribution is -0.143. The van der Waals surface area contributed by atoms with Crippen molar-refractivity contribution in [1.29, 1.82) is 0 Å². The van der Waals surface area contributed by atoms with Gasteiger partial charge in [0.05, 0.1) is 12.1 Å². The predicted octanol–water partition coefficient (Wildman–Crippen LogP) is 0.585. The van der Waals surface area contributed by atoms with Crippen LogP contribution in [0.25, 0.3) is 0 Å². The van der Waals surface area contributed by atoms with Crippen molar-refractivity contribution >= 4 is 11.8 Å². The van der Waals surface area contributed by atoms with Crippen molar-refractivity contribution < 1.29 is 9.59 Å². The normalized spacial score (nSPS) is 33.2. The second kappa shape index (κ2) is 5.49. The van der Waals surface area contributed by atoms with E-state index in [2.05, 4.69) is 6.92 Å². The van der Waals surface area contributed by atoms with Crippen LogP contribution in [0.2, 0.25) is 0 Å². The first-order chi connectivity index (χ1) is 8.92. The van der Waals surface area contributed by atoms with Crippen LogP contribution in [0.3, 0.4) is 0 Å². The number of likely N-dealkylation sites (N-methyl/N-ethyl adjacent to an activating group) is 1. The Morgan fingerprint density at radius 1 is 1.37 bits per heavy atom. The maximum Gasteiger partial charge on any atom is 0.243 e. The van der Waals surface area contributed by atoms with Crippen LogP contribution in [0.4, 0.5) is 0 Å². The number of nitrogens with two attached hydrogens (primary N) is 1. The van der Waals surface area contributed by atoms with E-state index in [0.29, 0.717) is 12.5 Å². The molecule has 19 heavy (non-hydrogen) atoms. The fourth-order valence-electron chi connectivity index (χ4n) is 3.26. The molecule has 1 saturated heterocycles. The number of nitrogens with zero attached hydrogens (tertiary/aromatic N) is 2. The highest BCUT2D eigenvalue weighted by Gasteiger charge is 2.41. The molecule has 2 atom stereocenters. The average molecular weight is 267 g/mol. The molecular formula is C14H25N3O2. The van der Waals surface area contributed by atoms with Crippen LogP contribution in [-0.4, -0.2) is 53.8 Å². The Hall–Kier alpha value is -1.10. The van der Waals surface area contributed by atoms with Gasteiger partial charge in [0, 0.05) is 20.1 Å². The van der Waals surface area contributed by atoms with E-state index in [1.54, 1.807) is 16.8 Å². The third kappa shape index (κ3) is 3.08. The summed E-state index contributed by atoms with van der Waals surface area (Å²) >= 11 is 0. The number of amides is 2. The highest BCUT2D eigenvalue weighted by atomic mass is 16.2. The standard InChI is InChI=1S/C14H25N3O2/c1-11-5-3-6-14(15,9-11)13(19)17-8-4-7-16(2)12(18)10-17/h11H,3-10,15H2,1-2H3. The van der Waals surface area contributed by atoms with Gasteiger partial charge in [-0.2, -0.15) is 0 Å². The number of carbonyl (C=O) groups excluding carboxylic acids is 2. The average Bonchev–Trinajstić information content (AvgIpc) is 2.51. The van der Waals surface area contributed by atoms with E-state index in [9.17, 15) is 9.59 Å². The van der Waals surface area contributed by atoms with Crippen molar-refractivity contribution in [3.8, 4) is 0 Å². The van der Waals surface area contributed by atoms with Crippen LogP contribution in [0.1, 0.15) is 39.0 Å². The van der Waals surface area contributed by atoms with Crippen LogP contribution >= 0.6 is 0 Å². The van der Waals surface area contributed by atoms with Gasteiger partial charge >= 0.3 is 0 Å². The number of carbonyl (C=O) groups is 2. The summed E-state index contributed by atoms with van der Waals surface area (Å²) < 4.78 is 0. The summed E-state index contributed by atoms with van der Waals surface area (Å²) in [5.41, 5.74) is 5.59. The summed E-state index contributed by atoms with van der Waals surface area (Å²) in [5.74, 6) is 0.481. The van der Waals surface area contributed by atoms with Crippen molar-refractivity contribution in [1.82, 2.24) is 9.80 Å². The molecule has 2 unspecified atom stereocenters. The molecule has 0 bridgehead atoms. The van der Waals surface area contributed by atoms with Crippen molar-refractivity contribution in [3.63, 3.8) is 0 Å². The molecule has 5 heteroatoms. The SMILES string of the molecule is CC1CCCC(N)(C(=O)N2CCCN(C)C(=O)C2)C1. The Labute approximate surface area is 115 Å². The molecule has 2 rings (SSSR count). The van der Waals surface area contributed by atoms with Gasteiger partial charge in [-0.05, 0) is 25.2 Å². The molecular weight excluding hydrogens is 242 g/mol. The fraction of sp³-hybridized carbons (Fsp3) is 0.857. The number of rotatable bonds is 1. The quantitative estimate of drug-likeness (QED) is 0.756. The van der Waals surface area contributed by atoms with Gasteiger partial charge in [-0.15, -0.1) is 0 Å². The third-order valence-electron chi connectivity index (χ3n) is 4.42. The summed E-state index contributed by atoms with van der Waals surface area (Å²) in [6, 6.07) is 0. The Bertz CT molecular complexity index is 372.